The Labute approximate surface area is 157 Å². The van der Waals surface area contributed by atoms with Crippen molar-refractivity contribution in [3.63, 3.8) is 0 Å². The summed E-state index contributed by atoms with van der Waals surface area (Å²) in [7, 11) is 0. The molecule has 0 bridgehead atoms. The molecule has 0 aromatic carbocycles. The normalized spacial score (nSPS) is 14.1. The minimum atomic E-state index is -0.0479. The molecule has 1 aromatic heterocycles. The summed E-state index contributed by atoms with van der Waals surface area (Å²) >= 11 is 0. The first-order valence-electron chi connectivity index (χ1n) is 8.51. The van der Waals surface area contributed by atoms with Gasteiger partial charge in [-0.05, 0) is 37.9 Å². The summed E-state index contributed by atoms with van der Waals surface area (Å²) in [6.07, 6.45) is 7.88. The lowest BCUT2D eigenvalue weighted by Gasteiger charge is -2.21. The Morgan fingerprint density at radius 2 is 1.79 bits per heavy atom. The van der Waals surface area contributed by atoms with Crippen LogP contribution in [0.2, 0.25) is 0 Å². The van der Waals surface area contributed by atoms with Gasteiger partial charge in [-0.25, -0.2) is 4.98 Å². The molecule has 0 aliphatic carbocycles. The molecule has 1 aliphatic heterocycles. The molecule has 2 rings (SSSR count). The van der Waals surface area contributed by atoms with Gasteiger partial charge in [0.15, 0.2) is 0 Å². The zero-order valence-corrected chi connectivity index (χ0v) is 16.1. The van der Waals surface area contributed by atoms with Crippen molar-refractivity contribution in [1.82, 2.24) is 15.6 Å². The number of aromatic nitrogens is 1. The summed E-state index contributed by atoms with van der Waals surface area (Å²) in [6, 6.07) is 3.84. The summed E-state index contributed by atoms with van der Waals surface area (Å²) in [6.45, 7) is 6.71. The van der Waals surface area contributed by atoms with E-state index in [0.29, 0.717) is 12.1 Å². The molecule has 1 fully saturated rings. The van der Waals surface area contributed by atoms with Crippen molar-refractivity contribution >= 4 is 36.5 Å². The molecule has 7 heteroatoms. The van der Waals surface area contributed by atoms with Crippen LogP contribution >= 0.6 is 24.8 Å². The van der Waals surface area contributed by atoms with E-state index in [1.807, 2.05) is 12.1 Å². The van der Waals surface area contributed by atoms with Crippen molar-refractivity contribution in [3.8, 4) is 0 Å². The van der Waals surface area contributed by atoms with E-state index in [4.69, 9.17) is 0 Å². The largest absolute Gasteiger partial charge is 0.357 e. The molecule has 0 saturated carbocycles. The fourth-order valence-electron chi connectivity index (χ4n) is 2.68. The lowest BCUT2D eigenvalue weighted by atomic mass is 10.2. The number of anilines is 1. The minimum Gasteiger partial charge on any atom is -0.357 e. The van der Waals surface area contributed by atoms with Crippen molar-refractivity contribution < 1.29 is 4.79 Å². The number of halogens is 2. The van der Waals surface area contributed by atoms with Crippen LogP contribution in [0.15, 0.2) is 18.3 Å². The van der Waals surface area contributed by atoms with Crippen molar-refractivity contribution in [2.75, 3.05) is 37.6 Å². The predicted octanol–water partition coefficient (Wildman–Crippen LogP) is 3.04. The Morgan fingerprint density at radius 3 is 2.38 bits per heavy atom. The molecule has 0 unspecified atom stereocenters. The maximum absolute atomic E-state index is 12.0. The zero-order valence-electron chi connectivity index (χ0n) is 14.4. The molecule has 1 aromatic rings. The highest BCUT2D eigenvalue weighted by Crippen LogP contribution is 2.17. The van der Waals surface area contributed by atoms with Crippen LogP contribution in [0.25, 0.3) is 0 Å². The van der Waals surface area contributed by atoms with E-state index >= 15 is 0 Å². The fraction of sp³-hybridized carbons (Fsp3) is 0.647. The number of carbonyl (C=O) groups is 1. The molecule has 24 heavy (non-hydrogen) atoms. The van der Waals surface area contributed by atoms with Gasteiger partial charge in [0.2, 0.25) is 0 Å². The average Bonchev–Trinajstić information content (AvgIpc) is 2.84. The molecule has 5 nitrogen and oxygen atoms in total. The Bertz CT molecular complexity index is 448. The van der Waals surface area contributed by atoms with Gasteiger partial charge in [0.25, 0.3) is 5.91 Å². The van der Waals surface area contributed by atoms with Gasteiger partial charge in [-0.1, -0.05) is 19.8 Å². The summed E-state index contributed by atoms with van der Waals surface area (Å²) in [5.74, 6) is 0.941. The summed E-state index contributed by atoms with van der Waals surface area (Å²) in [5, 5.41) is 6.17. The van der Waals surface area contributed by atoms with Crippen LogP contribution in [0.5, 0.6) is 0 Å². The molecule has 138 valence electrons. The number of nitrogens with zero attached hydrogens (tertiary/aromatic N) is 2. The number of rotatable bonds is 7. The second kappa shape index (κ2) is 13.3. The van der Waals surface area contributed by atoms with E-state index in [0.717, 1.165) is 38.4 Å². The molecule has 2 heterocycles. The first kappa shape index (κ1) is 23.0. The van der Waals surface area contributed by atoms with Gasteiger partial charge in [-0.2, -0.15) is 0 Å². The standard InChI is InChI=1S/C17H28N4O.2ClH/c1-2-9-18-10-11-19-17(22)15-7-8-16(20-14-15)21-12-5-3-4-6-13-21;;/h7-8,14,18H,2-6,9-13H2,1H3,(H,19,22);2*1H. The molecule has 0 atom stereocenters. The van der Waals surface area contributed by atoms with Crippen LogP contribution in [0.1, 0.15) is 49.4 Å². The number of carbonyl (C=O) groups excluding carboxylic acids is 1. The Kier molecular flexibility index (Phi) is 12.7. The van der Waals surface area contributed by atoms with E-state index in [9.17, 15) is 4.79 Å². The third kappa shape index (κ3) is 7.69. The van der Waals surface area contributed by atoms with Crippen molar-refractivity contribution in [2.24, 2.45) is 0 Å². The molecule has 0 radical (unpaired) electrons. The Morgan fingerprint density at radius 1 is 1.08 bits per heavy atom. The quantitative estimate of drug-likeness (QED) is 0.718. The van der Waals surface area contributed by atoms with Crippen molar-refractivity contribution in [3.05, 3.63) is 23.9 Å². The van der Waals surface area contributed by atoms with Crippen LogP contribution in [-0.2, 0) is 0 Å². The highest BCUT2D eigenvalue weighted by atomic mass is 35.5. The number of amides is 1. The second-order valence-corrected chi connectivity index (χ2v) is 5.81. The Balaban J connectivity index is 0.00000264. The van der Waals surface area contributed by atoms with Gasteiger partial charge in [0.1, 0.15) is 5.82 Å². The van der Waals surface area contributed by atoms with Gasteiger partial charge in [-0.3, -0.25) is 4.79 Å². The molecule has 1 aliphatic rings. The Hall–Kier alpha value is -1.04. The van der Waals surface area contributed by atoms with Crippen LogP contribution in [-0.4, -0.2) is 43.6 Å². The lowest BCUT2D eigenvalue weighted by Crippen LogP contribution is -2.32. The van der Waals surface area contributed by atoms with Crippen LogP contribution in [0.4, 0.5) is 5.82 Å². The van der Waals surface area contributed by atoms with Gasteiger partial charge < -0.3 is 15.5 Å². The molecular formula is C17H30Cl2N4O. The smallest absolute Gasteiger partial charge is 0.252 e. The maximum atomic E-state index is 12.0. The average molecular weight is 377 g/mol. The van der Waals surface area contributed by atoms with Crippen molar-refractivity contribution in [1.29, 1.82) is 0 Å². The van der Waals surface area contributed by atoms with E-state index in [2.05, 4.69) is 27.4 Å². The third-order valence-corrected chi connectivity index (χ3v) is 3.95. The van der Waals surface area contributed by atoms with E-state index < -0.39 is 0 Å². The highest BCUT2D eigenvalue weighted by molar-refractivity contribution is 5.94. The second-order valence-electron chi connectivity index (χ2n) is 5.81. The van der Waals surface area contributed by atoms with Crippen molar-refractivity contribution in [2.45, 2.75) is 39.0 Å². The lowest BCUT2D eigenvalue weighted by molar-refractivity contribution is 0.0953. The van der Waals surface area contributed by atoms with E-state index in [1.165, 1.54) is 25.7 Å². The summed E-state index contributed by atoms with van der Waals surface area (Å²) in [5.41, 5.74) is 0.633. The first-order chi connectivity index (χ1) is 10.8. The zero-order chi connectivity index (χ0) is 15.6. The molecule has 0 spiro atoms. The first-order valence-corrected chi connectivity index (χ1v) is 8.51. The predicted molar refractivity (Wildman–Crippen MR) is 105 cm³/mol. The molecule has 2 N–H and O–H groups in total. The van der Waals surface area contributed by atoms with Crippen LogP contribution in [0, 0.1) is 0 Å². The topological polar surface area (TPSA) is 57.3 Å². The summed E-state index contributed by atoms with van der Waals surface area (Å²) in [4.78, 5) is 18.8. The third-order valence-electron chi connectivity index (χ3n) is 3.95. The van der Waals surface area contributed by atoms with Gasteiger partial charge in [-0.15, -0.1) is 24.8 Å². The number of pyridine rings is 1. The van der Waals surface area contributed by atoms with E-state index in [-0.39, 0.29) is 30.7 Å². The van der Waals surface area contributed by atoms with Crippen LogP contribution in [0.3, 0.4) is 0 Å². The number of hydrogen-bond donors (Lipinski definition) is 2. The van der Waals surface area contributed by atoms with Gasteiger partial charge in [0, 0.05) is 32.4 Å². The SMILES string of the molecule is CCCNCCNC(=O)c1ccc(N2CCCCCC2)nc1.Cl.Cl. The molecular weight excluding hydrogens is 347 g/mol. The number of nitrogens with one attached hydrogen (secondary N) is 2. The number of hydrogen-bond acceptors (Lipinski definition) is 4. The van der Waals surface area contributed by atoms with Gasteiger partial charge >= 0.3 is 0 Å². The minimum absolute atomic E-state index is 0. The monoisotopic (exact) mass is 376 g/mol. The van der Waals surface area contributed by atoms with E-state index in [1.54, 1.807) is 6.20 Å². The fourth-order valence-corrected chi connectivity index (χ4v) is 2.68. The summed E-state index contributed by atoms with van der Waals surface area (Å²) < 4.78 is 0. The molecule has 1 amide bonds. The maximum Gasteiger partial charge on any atom is 0.252 e. The molecule has 1 saturated heterocycles. The van der Waals surface area contributed by atoms with Gasteiger partial charge in [0.05, 0.1) is 5.56 Å². The van der Waals surface area contributed by atoms with Crippen LogP contribution < -0.4 is 15.5 Å². The highest BCUT2D eigenvalue weighted by Gasteiger charge is 2.12.